The van der Waals surface area contributed by atoms with E-state index >= 15 is 0 Å². The van der Waals surface area contributed by atoms with Gasteiger partial charge in [-0.1, -0.05) is 55.3 Å². The number of nitrogens with one attached hydrogen (secondary N) is 3. The average Bonchev–Trinajstić information content (AvgIpc) is 3.48. The zero-order chi connectivity index (χ0) is 33.3. The van der Waals surface area contributed by atoms with E-state index in [-0.39, 0.29) is 35.9 Å². The van der Waals surface area contributed by atoms with E-state index in [1.165, 1.54) is 14.2 Å². The molecule has 5 atom stereocenters. The molecule has 0 aromatic heterocycles. The van der Waals surface area contributed by atoms with Crippen LogP contribution in [0, 0.1) is 0 Å². The second kappa shape index (κ2) is 16.2. The second-order valence-electron chi connectivity index (χ2n) is 11.6. The van der Waals surface area contributed by atoms with Crippen LogP contribution in [0.15, 0.2) is 54.6 Å². The molecule has 0 spiro atoms. The van der Waals surface area contributed by atoms with E-state index in [0.717, 1.165) is 30.4 Å². The zero-order valence-electron chi connectivity index (χ0n) is 26.5. The van der Waals surface area contributed by atoms with Gasteiger partial charge < -0.3 is 31.1 Å². The Morgan fingerprint density at radius 3 is 2.28 bits per heavy atom. The molecule has 2 aliphatic rings. The maximum Gasteiger partial charge on any atom is 0.529 e. The van der Waals surface area contributed by atoms with Crippen LogP contribution in [0.4, 0.5) is 0 Å². The molecule has 2 aromatic carbocycles. The Hall–Kier alpha value is -3.77. The van der Waals surface area contributed by atoms with Gasteiger partial charge in [-0.05, 0) is 62.3 Å². The van der Waals surface area contributed by atoms with E-state index in [0.29, 0.717) is 25.8 Å². The van der Waals surface area contributed by atoms with E-state index in [2.05, 4.69) is 16.0 Å². The summed E-state index contributed by atoms with van der Waals surface area (Å²) in [6.07, 6.45) is 4.13. The third-order valence-corrected chi connectivity index (χ3v) is 9.72. The summed E-state index contributed by atoms with van der Waals surface area (Å²) in [6, 6.07) is 12.5. The van der Waals surface area contributed by atoms with E-state index < -0.39 is 37.9 Å². The quantitative estimate of drug-likeness (QED) is 0.236. The fourth-order valence-corrected chi connectivity index (χ4v) is 6.50. The van der Waals surface area contributed by atoms with Gasteiger partial charge in [-0.3, -0.25) is 28.2 Å². The molecule has 0 radical (unpaired) electrons. The Bertz CT molecular complexity index is 1400. The highest BCUT2D eigenvalue weighted by molar-refractivity contribution is 7.48. The van der Waals surface area contributed by atoms with Gasteiger partial charge in [0, 0.05) is 26.8 Å². The molecule has 0 saturated carbocycles. The molecule has 1 unspecified atom stereocenters. The first-order valence-corrected chi connectivity index (χ1v) is 17.0. The lowest BCUT2D eigenvalue weighted by Crippen LogP contribution is -2.59. The van der Waals surface area contributed by atoms with Crippen LogP contribution in [0.5, 0.6) is 5.75 Å². The summed E-state index contributed by atoms with van der Waals surface area (Å²) in [6.45, 7) is 1.95. The van der Waals surface area contributed by atoms with Crippen LogP contribution in [-0.2, 0) is 45.8 Å². The van der Waals surface area contributed by atoms with E-state index in [4.69, 9.17) is 19.3 Å². The zero-order valence-corrected chi connectivity index (χ0v) is 27.4. The highest BCUT2D eigenvalue weighted by Crippen LogP contribution is 2.47. The number of nitrogens with zero attached hydrogens (tertiary/aromatic N) is 1. The van der Waals surface area contributed by atoms with Crippen LogP contribution in [-0.4, -0.2) is 73.0 Å². The van der Waals surface area contributed by atoms with Crippen LogP contribution in [0.1, 0.15) is 56.6 Å². The standard InChI is InChI=1S/C32H44N5O8P/c1-21(29(38)34-20-23-9-5-4-6-10-23)35-31(40)28-18-15-24-11-7-8-12-27(32(41)37(24)28)36-30(39)26(33)19-22-13-16-25(17-14-22)45-46(42,43-2)44-3/h4-6,9-10,13-14,16-17,21,24,26-28H,7-8,11-12,15,18-20,33H2,1-3H3,(H,34,38)(H,35,40)(H,36,39)/t21-,24?,26-,27-,28-/m0/s1. The summed E-state index contributed by atoms with van der Waals surface area (Å²) in [5.74, 6) is -1.25. The lowest BCUT2D eigenvalue weighted by molar-refractivity contribution is -0.144. The van der Waals surface area contributed by atoms with Gasteiger partial charge in [-0.2, -0.15) is 0 Å². The monoisotopic (exact) mass is 657 g/mol. The van der Waals surface area contributed by atoms with Gasteiger partial charge in [-0.25, -0.2) is 4.57 Å². The summed E-state index contributed by atoms with van der Waals surface area (Å²) in [5, 5.41) is 8.44. The summed E-state index contributed by atoms with van der Waals surface area (Å²) < 4.78 is 27.0. The van der Waals surface area contributed by atoms with Gasteiger partial charge in [0.1, 0.15) is 23.9 Å². The van der Waals surface area contributed by atoms with Crippen molar-refractivity contribution in [3.63, 3.8) is 0 Å². The molecule has 250 valence electrons. The third kappa shape index (κ3) is 9.16. The highest BCUT2D eigenvalue weighted by atomic mass is 31.2. The fraction of sp³-hybridized carbons (Fsp3) is 0.500. The van der Waals surface area contributed by atoms with E-state index in [1.54, 1.807) is 36.1 Å². The number of fused-ring (bicyclic) bond motifs is 1. The summed E-state index contributed by atoms with van der Waals surface area (Å²) in [7, 11) is -1.28. The number of phosphoric ester groups is 1. The van der Waals surface area contributed by atoms with Gasteiger partial charge in [-0.15, -0.1) is 0 Å². The van der Waals surface area contributed by atoms with Crippen LogP contribution in [0.25, 0.3) is 0 Å². The minimum Gasteiger partial charge on any atom is -0.404 e. The van der Waals surface area contributed by atoms with Crippen LogP contribution >= 0.6 is 7.82 Å². The highest BCUT2D eigenvalue weighted by Gasteiger charge is 2.44. The normalized spacial score (nSPS) is 21.3. The van der Waals surface area contributed by atoms with Gasteiger partial charge in [0.15, 0.2) is 0 Å². The van der Waals surface area contributed by atoms with Gasteiger partial charge in [0.2, 0.25) is 23.6 Å². The van der Waals surface area contributed by atoms with Crippen molar-refractivity contribution in [2.75, 3.05) is 14.2 Å². The topological polar surface area (TPSA) is 178 Å². The Morgan fingerprint density at radius 1 is 0.935 bits per heavy atom. The molecule has 14 heteroatoms. The van der Waals surface area contributed by atoms with Crippen molar-refractivity contribution in [1.82, 2.24) is 20.9 Å². The van der Waals surface area contributed by atoms with Gasteiger partial charge in [0.05, 0.1) is 6.04 Å². The largest absolute Gasteiger partial charge is 0.529 e. The van der Waals surface area contributed by atoms with Crippen molar-refractivity contribution in [2.24, 2.45) is 5.73 Å². The first-order valence-electron chi connectivity index (χ1n) is 15.5. The predicted molar refractivity (Wildman–Crippen MR) is 170 cm³/mol. The third-order valence-electron chi connectivity index (χ3n) is 8.40. The first-order chi connectivity index (χ1) is 22.0. The summed E-state index contributed by atoms with van der Waals surface area (Å²) >= 11 is 0. The maximum absolute atomic E-state index is 13.8. The maximum atomic E-state index is 13.8. The lowest BCUT2D eigenvalue weighted by Gasteiger charge is -2.35. The fourth-order valence-electron chi connectivity index (χ4n) is 5.83. The Morgan fingerprint density at radius 2 is 1.61 bits per heavy atom. The Kier molecular flexibility index (Phi) is 12.3. The first kappa shape index (κ1) is 35.1. The number of hydrogen-bond donors (Lipinski definition) is 4. The van der Waals surface area contributed by atoms with Gasteiger partial charge in [0.25, 0.3) is 0 Å². The number of benzene rings is 2. The molecule has 13 nitrogen and oxygen atoms in total. The minimum absolute atomic E-state index is 0.119. The van der Waals surface area contributed by atoms with Crippen LogP contribution in [0.2, 0.25) is 0 Å². The van der Waals surface area contributed by atoms with Crippen molar-refractivity contribution >= 4 is 31.5 Å². The van der Waals surface area contributed by atoms with Crippen LogP contribution < -0.4 is 26.2 Å². The molecule has 46 heavy (non-hydrogen) atoms. The Labute approximate surface area is 269 Å². The molecular weight excluding hydrogens is 613 g/mol. The van der Waals surface area contributed by atoms with Crippen molar-refractivity contribution in [3.05, 3.63) is 65.7 Å². The number of phosphoric acid groups is 1. The summed E-state index contributed by atoms with van der Waals surface area (Å²) in [4.78, 5) is 54.7. The molecule has 4 amide bonds. The molecule has 2 saturated heterocycles. The van der Waals surface area contributed by atoms with Crippen molar-refractivity contribution in [2.45, 2.75) is 88.6 Å². The van der Waals surface area contributed by atoms with Crippen molar-refractivity contribution < 1.29 is 37.3 Å². The lowest BCUT2D eigenvalue weighted by atomic mass is 9.98. The predicted octanol–water partition coefficient (Wildman–Crippen LogP) is 2.58. The number of carbonyl (C=O) groups is 4. The van der Waals surface area contributed by atoms with Crippen molar-refractivity contribution in [3.8, 4) is 5.75 Å². The molecule has 4 rings (SSSR count). The number of carbonyl (C=O) groups excluding carboxylic acids is 4. The summed E-state index contributed by atoms with van der Waals surface area (Å²) in [5.41, 5.74) is 7.90. The van der Waals surface area contributed by atoms with Gasteiger partial charge >= 0.3 is 7.82 Å². The van der Waals surface area contributed by atoms with E-state index in [1.807, 2.05) is 30.3 Å². The second-order valence-corrected chi connectivity index (χ2v) is 13.4. The molecule has 5 N–H and O–H groups in total. The smallest absolute Gasteiger partial charge is 0.404 e. The number of hydrogen-bond acceptors (Lipinski definition) is 9. The number of nitrogens with two attached hydrogens (primary N) is 1. The van der Waals surface area contributed by atoms with E-state index in [9.17, 15) is 23.7 Å². The molecule has 0 bridgehead atoms. The molecule has 2 aromatic rings. The molecular formula is C32H44N5O8P. The van der Waals surface area contributed by atoms with Crippen molar-refractivity contribution in [1.29, 1.82) is 0 Å². The molecule has 0 aliphatic carbocycles. The average molecular weight is 658 g/mol. The van der Waals surface area contributed by atoms with Crippen LogP contribution in [0.3, 0.4) is 0 Å². The Balaban J connectivity index is 1.34. The SMILES string of the molecule is COP(=O)(OC)Oc1ccc(C[C@H](N)C(=O)N[C@H]2CCCCC3CC[C@@H](C(=O)N[C@@H](C)C(=O)NCc4ccccc4)N3C2=O)cc1. The molecule has 2 heterocycles. The number of rotatable bonds is 13. The molecule has 2 aliphatic heterocycles. The minimum atomic E-state index is -3.71. The molecule has 2 fully saturated rings. The number of amides is 4.